The first-order valence-corrected chi connectivity index (χ1v) is 15.5. The Kier molecular flexibility index (Phi) is 9.75. The largest absolute Gasteiger partial charge is 0.168 e. The fourth-order valence-corrected chi connectivity index (χ4v) is 7.26. The van der Waals surface area contributed by atoms with Crippen molar-refractivity contribution in [2.24, 2.45) is 0 Å². The van der Waals surface area contributed by atoms with Crippen LogP contribution in [0.25, 0.3) is 64.6 Å². The third kappa shape index (κ3) is 5.64. The molecule has 1 aliphatic rings. The number of halogens is 2. The first-order valence-electron chi connectivity index (χ1n) is 14.3. The Bertz CT molecular complexity index is 1850. The Balaban J connectivity index is 0.000000135. The van der Waals surface area contributed by atoms with E-state index in [9.17, 15) is 0 Å². The molecule has 206 valence electrons. The van der Waals surface area contributed by atoms with E-state index in [-0.39, 0.29) is 24.8 Å². The SMILES string of the molecule is [Cl-].[Cl-].[Zr+2]=[C]1CCCC1.c1ccc2c(c1)c1ccccc1c1[cH-]ccc21.c1ccc2c(c1)c1ccccc1c1[cH-]ccc21. The molecule has 1 aliphatic carbocycles. The van der Waals surface area contributed by atoms with Gasteiger partial charge in [0.25, 0.3) is 0 Å². The molecule has 8 aromatic rings. The summed E-state index contributed by atoms with van der Waals surface area (Å²) in [5.41, 5.74) is 0. The number of hydrogen-bond donors (Lipinski definition) is 0. The molecule has 1 fully saturated rings. The van der Waals surface area contributed by atoms with Crippen molar-refractivity contribution in [1.82, 2.24) is 0 Å². The zero-order valence-corrected chi connectivity index (χ0v) is 27.3. The average Bonchev–Trinajstić information content (AvgIpc) is 3.81. The molecule has 42 heavy (non-hydrogen) atoms. The predicted octanol–water partition coefficient (Wildman–Crippen LogP) is 5.02. The molecule has 8 aromatic carbocycles. The first kappa shape index (κ1) is 30.4. The molecule has 0 aliphatic heterocycles. The summed E-state index contributed by atoms with van der Waals surface area (Å²) in [4.78, 5) is 0. The van der Waals surface area contributed by atoms with Crippen molar-refractivity contribution in [3.05, 3.63) is 133 Å². The van der Waals surface area contributed by atoms with Crippen molar-refractivity contribution in [1.29, 1.82) is 0 Å². The van der Waals surface area contributed by atoms with Crippen molar-refractivity contribution in [2.45, 2.75) is 25.7 Å². The fourth-order valence-electron chi connectivity index (χ4n) is 6.39. The van der Waals surface area contributed by atoms with Gasteiger partial charge in [0.15, 0.2) is 0 Å². The van der Waals surface area contributed by atoms with E-state index in [4.69, 9.17) is 0 Å². The van der Waals surface area contributed by atoms with Gasteiger partial charge in [-0.3, -0.25) is 0 Å². The summed E-state index contributed by atoms with van der Waals surface area (Å²) in [6.07, 6.45) is 5.83. The molecule has 3 heteroatoms. The van der Waals surface area contributed by atoms with Crippen LogP contribution in [0.5, 0.6) is 0 Å². The zero-order valence-electron chi connectivity index (χ0n) is 23.3. The van der Waals surface area contributed by atoms with Gasteiger partial charge in [0.1, 0.15) is 0 Å². The molecule has 0 N–H and O–H groups in total. The average molecular weight is 661 g/mol. The van der Waals surface area contributed by atoms with Gasteiger partial charge in [-0.15, -0.1) is 33.7 Å². The van der Waals surface area contributed by atoms with E-state index < -0.39 is 0 Å². The minimum atomic E-state index is 0. The summed E-state index contributed by atoms with van der Waals surface area (Å²) in [6, 6.07) is 47.8. The van der Waals surface area contributed by atoms with Gasteiger partial charge in [0.05, 0.1) is 0 Å². The van der Waals surface area contributed by atoms with Gasteiger partial charge in [-0.2, -0.15) is 24.3 Å². The van der Waals surface area contributed by atoms with Crippen molar-refractivity contribution in [3.63, 3.8) is 0 Å². The molecular formula is C39H30Cl2Zr-2. The zero-order chi connectivity index (χ0) is 26.9. The van der Waals surface area contributed by atoms with Crippen molar-refractivity contribution < 1.29 is 49.0 Å². The van der Waals surface area contributed by atoms with Crippen LogP contribution in [-0.2, 0) is 24.2 Å². The Morgan fingerprint density at radius 1 is 0.381 bits per heavy atom. The van der Waals surface area contributed by atoms with E-state index in [0.717, 1.165) is 0 Å². The van der Waals surface area contributed by atoms with E-state index >= 15 is 0 Å². The second-order valence-corrected chi connectivity index (χ2v) is 12.4. The van der Waals surface area contributed by atoms with Crippen LogP contribution in [0.15, 0.2) is 133 Å². The molecule has 0 atom stereocenters. The molecule has 0 heterocycles. The van der Waals surface area contributed by atoms with Crippen molar-refractivity contribution in [2.75, 3.05) is 0 Å². The molecule has 0 aromatic heterocycles. The summed E-state index contributed by atoms with van der Waals surface area (Å²) in [5, 5.41) is 16.2. The maximum atomic E-state index is 2.21. The molecular weight excluding hydrogens is 631 g/mol. The summed E-state index contributed by atoms with van der Waals surface area (Å²) >= 11 is 1.68. The van der Waals surface area contributed by atoms with Crippen LogP contribution in [0.4, 0.5) is 0 Å². The Morgan fingerprint density at radius 3 is 0.929 bits per heavy atom. The van der Waals surface area contributed by atoms with Gasteiger partial charge in [-0.1, -0.05) is 129 Å². The van der Waals surface area contributed by atoms with E-state index in [1.807, 2.05) is 0 Å². The normalized spacial score (nSPS) is 12.6. The first-order chi connectivity index (χ1) is 19.8. The monoisotopic (exact) mass is 658 g/mol. The number of fused-ring (bicyclic) bond motifs is 12. The van der Waals surface area contributed by atoms with Crippen LogP contribution < -0.4 is 24.8 Å². The smallest absolute Gasteiger partial charge is 0.0293 e. The molecule has 9 rings (SSSR count). The molecule has 0 amide bonds. The van der Waals surface area contributed by atoms with Gasteiger partial charge >= 0.3 is 53.1 Å². The second kappa shape index (κ2) is 13.5. The van der Waals surface area contributed by atoms with E-state index in [1.165, 1.54) is 90.3 Å². The molecule has 1 saturated carbocycles. The van der Waals surface area contributed by atoms with Crippen molar-refractivity contribution >= 4 is 67.8 Å². The standard InChI is InChI=1S/2C17H11.C5H8.2ClH.Zr/c2*1-3-8-14-12(6-1)13-7-2-4-9-15(13)17-11-5-10-16(14)17;1-2-4-5-3-1;;;/h2*1-11H;1-4H2;2*1H;/q2*-1;;;;+2/p-2. The van der Waals surface area contributed by atoms with E-state index in [0.29, 0.717) is 0 Å². The Labute approximate surface area is 274 Å². The van der Waals surface area contributed by atoms with Crippen LogP contribution >= 0.6 is 0 Å². The minimum absolute atomic E-state index is 0. The summed E-state index contributed by atoms with van der Waals surface area (Å²) in [5.74, 6) is 0. The number of hydrogen-bond acceptors (Lipinski definition) is 0. The van der Waals surface area contributed by atoms with E-state index in [2.05, 4.69) is 133 Å². The Morgan fingerprint density at radius 2 is 0.643 bits per heavy atom. The maximum Gasteiger partial charge on any atom is -0.0293 e. The molecule has 0 radical (unpaired) electrons. The third-order valence-electron chi connectivity index (χ3n) is 8.29. The predicted molar refractivity (Wildman–Crippen MR) is 173 cm³/mol. The topological polar surface area (TPSA) is 0 Å². The van der Waals surface area contributed by atoms with Crippen LogP contribution in [0, 0.1) is 0 Å². The summed E-state index contributed by atoms with van der Waals surface area (Å²) in [7, 11) is 0. The molecule has 0 nitrogen and oxygen atoms in total. The van der Waals surface area contributed by atoms with Crippen LogP contribution in [0.3, 0.4) is 0 Å². The number of rotatable bonds is 0. The molecule has 0 spiro atoms. The minimum Gasteiger partial charge on any atom is -0.168 e. The Hall–Kier alpha value is -3.09. The molecule has 0 unspecified atom stereocenters. The molecule has 0 saturated heterocycles. The van der Waals surface area contributed by atoms with Crippen molar-refractivity contribution in [3.8, 4) is 0 Å². The van der Waals surface area contributed by atoms with Gasteiger partial charge in [0.2, 0.25) is 0 Å². The second-order valence-electron chi connectivity index (χ2n) is 10.7. The van der Waals surface area contributed by atoms with Gasteiger partial charge in [-0.25, -0.2) is 0 Å². The fraction of sp³-hybridized carbons (Fsp3) is 0.103. The number of benzene rings is 6. The van der Waals surface area contributed by atoms with Gasteiger partial charge in [-0.05, 0) is 10.8 Å². The van der Waals surface area contributed by atoms with Crippen LogP contribution in [0.2, 0.25) is 0 Å². The third-order valence-corrected chi connectivity index (χ3v) is 9.52. The summed E-state index contributed by atoms with van der Waals surface area (Å²) in [6.45, 7) is 0. The summed E-state index contributed by atoms with van der Waals surface area (Å²) < 4.78 is 1.79. The van der Waals surface area contributed by atoms with E-state index in [1.54, 1.807) is 27.4 Å². The molecule has 0 bridgehead atoms. The maximum absolute atomic E-state index is 2.21. The van der Waals surface area contributed by atoms with Gasteiger partial charge in [0, 0.05) is 0 Å². The van der Waals surface area contributed by atoms with Crippen LogP contribution in [-0.4, -0.2) is 3.21 Å². The van der Waals surface area contributed by atoms with Crippen LogP contribution in [0.1, 0.15) is 25.7 Å². The quantitative estimate of drug-likeness (QED) is 0.159. The van der Waals surface area contributed by atoms with Gasteiger partial charge < -0.3 is 24.8 Å².